The van der Waals surface area contributed by atoms with E-state index in [9.17, 15) is 4.79 Å². The van der Waals surface area contributed by atoms with Crippen LogP contribution in [-0.4, -0.2) is 24.0 Å². The summed E-state index contributed by atoms with van der Waals surface area (Å²) >= 11 is 1.56. The van der Waals surface area contributed by atoms with Gasteiger partial charge in [-0.2, -0.15) is 0 Å². The van der Waals surface area contributed by atoms with Crippen LogP contribution in [0.5, 0.6) is 0 Å². The minimum Gasteiger partial charge on any atom is -0.317 e. The third kappa shape index (κ3) is 4.53. The highest BCUT2D eigenvalue weighted by atomic mass is 35.5. The first kappa shape index (κ1) is 16.9. The Morgan fingerprint density at radius 3 is 2.73 bits per heavy atom. The molecule has 0 atom stereocenters. The molecule has 6 heteroatoms. The summed E-state index contributed by atoms with van der Waals surface area (Å²) in [5, 5.41) is 6.94. The highest BCUT2D eigenvalue weighted by Gasteiger charge is 2.21. The number of amides is 1. The highest BCUT2D eigenvalue weighted by molar-refractivity contribution is 7.15. The van der Waals surface area contributed by atoms with Gasteiger partial charge in [-0.05, 0) is 31.5 Å². The summed E-state index contributed by atoms with van der Waals surface area (Å²) in [5.41, 5.74) is 1.26. The lowest BCUT2D eigenvalue weighted by Gasteiger charge is -2.20. The number of carbonyl (C=O) groups excluding carboxylic acids is 1. The van der Waals surface area contributed by atoms with E-state index in [1.54, 1.807) is 11.3 Å². The number of hydrogen-bond donors (Lipinski definition) is 2. The van der Waals surface area contributed by atoms with Crippen LogP contribution >= 0.6 is 23.7 Å². The number of carbonyl (C=O) groups is 1. The van der Waals surface area contributed by atoms with Gasteiger partial charge in [0.2, 0.25) is 5.91 Å². The zero-order valence-corrected chi connectivity index (χ0v) is 13.9. The lowest BCUT2D eigenvalue weighted by molar-refractivity contribution is -0.120. The molecule has 0 aliphatic carbocycles. The Bertz CT molecular complexity index is 596. The van der Waals surface area contributed by atoms with Gasteiger partial charge in [0.25, 0.3) is 0 Å². The van der Waals surface area contributed by atoms with E-state index in [1.807, 2.05) is 24.4 Å². The van der Waals surface area contributed by atoms with E-state index in [4.69, 9.17) is 0 Å². The standard InChI is InChI=1S/C16H19N3OS.ClH/c20-15(13-6-8-17-9-7-13)19-16-18-11-14(21-16)10-12-4-2-1-3-5-12;/h1-5,11,13,17H,6-10H2,(H,18,19,20);1H. The minimum atomic E-state index is 0. The smallest absolute Gasteiger partial charge is 0.229 e. The van der Waals surface area contributed by atoms with Gasteiger partial charge in [-0.25, -0.2) is 4.98 Å². The molecule has 2 N–H and O–H groups in total. The predicted octanol–water partition coefficient (Wildman–Crippen LogP) is 3.09. The molecule has 0 unspecified atom stereocenters. The van der Waals surface area contributed by atoms with Crippen molar-refractivity contribution < 1.29 is 4.79 Å². The van der Waals surface area contributed by atoms with Crippen molar-refractivity contribution in [3.8, 4) is 0 Å². The van der Waals surface area contributed by atoms with Gasteiger partial charge in [0, 0.05) is 23.4 Å². The van der Waals surface area contributed by atoms with Crippen LogP contribution in [0.1, 0.15) is 23.3 Å². The molecule has 3 rings (SSSR count). The fraction of sp³-hybridized carbons (Fsp3) is 0.375. The van der Waals surface area contributed by atoms with Crippen LogP contribution in [0.25, 0.3) is 0 Å². The largest absolute Gasteiger partial charge is 0.317 e. The molecule has 1 aromatic carbocycles. The number of hydrogen-bond acceptors (Lipinski definition) is 4. The van der Waals surface area contributed by atoms with Crippen molar-refractivity contribution in [2.24, 2.45) is 5.92 Å². The molecular formula is C16H20ClN3OS. The zero-order valence-electron chi connectivity index (χ0n) is 12.2. The Balaban J connectivity index is 0.00000176. The van der Waals surface area contributed by atoms with Crippen LogP contribution in [0.4, 0.5) is 5.13 Å². The van der Waals surface area contributed by atoms with E-state index in [-0.39, 0.29) is 24.2 Å². The molecule has 1 aliphatic heterocycles. The summed E-state index contributed by atoms with van der Waals surface area (Å²) in [6, 6.07) is 10.3. The van der Waals surface area contributed by atoms with Crippen molar-refractivity contribution in [3.05, 3.63) is 47.0 Å². The molecule has 0 radical (unpaired) electrons. The molecular weight excluding hydrogens is 318 g/mol. The Morgan fingerprint density at radius 1 is 1.27 bits per heavy atom. The first-order valence-corrected chi connectivity index (χ1v) is 8.13. The van der Waals surface area contributed by atoms with E-state index < -0.39 is 0 Å². The van der Waals surface area contributed by atoms with Crippen LogP contribution in [0.2, 0.25) is 0 Å². The van der Waals surface area contributed by atoms with Crippen LogP contribution in [0, 0.1) is 5.92 Å². The summed E-state index contributed by atoms with van der Waals surface area (Å²) in [6.45, 7) is 1.85. The molecule has 0 saturated carbocycles. The highest BCUT2D eigenvalue weighted by Crippen LogP contribution is 2.22. The van der Waals surface area contributed by atoms with Crippen molar-refractivity contribution in [3.63, 3.8) is 0 Å². The Kier molecular flexibility index (Phi) is 6.36. The number of nitrogens with one attached hydrogen (secondary N) is 2. The van der Waals surface area contributed by atoms with E-state index in [0.29, 0.717) is 5.13 Å². The number of thiazole rings is 1. The second-order valence-corrected chi connectivity index (χ2v) is 6.42. The number of halogens is 1. The fourth-order valence-corrected chi connectivity index (χ4v) is 3.39. The molecule has 1 amide bonds. The molecule has 1 aliphatic rings. The normalized spacial score (nSPS) is 15.1. The van der Waals surface area contributed by atoms with Gasteiger partial charge < -0.3 is 10.6 Å². The molecule has 2 aromatic rings. The number of benzene rings is 1. The average Bonchev–Trinajstić information content (AvgIpc) is 2.96. The molecule has 1 fully saturated rings. The van der Waals surface area contributed by atoms with Crippen LogP contribution in [0.15, 0.2) is 36.5 Å². The first-order chi connectivity index (χ1) is 10.3. The van der Waals surface area contributed by atoms with Crippen molar-refractivity contribution in [1.82, 2.24) is 10.3 Å². The number of nitrogens with zero attached hydrogens (tertiary/aromatic N) is 1. The molecule has 4 nitrogen and oxygen atoms in total. The van der Waals surface area contributed by atoms with Gasteiger partial charge in [-0.15, -0.1) is 23.7 Å². The molecule has 118 valence electrons. The van der Waals surface area contributed by atoms with Crippen molar-refractivity contribution >= 4 is 34.8 Å². The summed E-state index contributed by atoms with van der Waals surface area (Å²) in [4.78, 5) is 17.6. The quantitative estimate of drug-likeness (QED) is 0.901. The van der Waals surface area contributed by atoms with Crippen molar-refractivity contribution in [1.29, 1.82) is 0 Å². The maximum absolute atomic E-state index is 12.2. The van der Waals surface area contributed by atoms with E-state index in [1.165, 1.54) is 10.4 Å². The Labute approximate surface area is 140 Å². The molecule has 1 saturated heterocycles. The first-order valence-electron chi connectivity index (χ1n) is 7.31. The predicted molar refractivity (Wildman–Crippen MR) is 92.8 cm³/mol. The van der Waals surface area contributed by atoms with Crippen LogP contribution < -0.4 is 10.6 Å². The fourth-order valence-electron chi connectivity index (χ4n) is 2.54. The summed E-state index contributed by atoms with van der Waals surface area (Å²) < 4.78 is 0. The number of aromatic nitrogens is 1. The molecule has 0 spiro atoms. The van der Waals surface area contributed by atoms with Crippen LogP contribution in [0.3, 0.4) is 0 Å². The third-order valence-corrected chi connectivity index (χ3v) is 4.63. The second-order valence-electron chi connectivity index (χ2n) is 5.31. The Hall–Kier alpha value is -1.43. The van der Waals surface area contributed by atoms with Gasteiger partial charge in [-0.1, -0.05) is 30.3 Å². The monoisotopic (exact) mass is 337 g/mol. The topological polar surface area (TPSA) is 54.0 Å². The SMILES string of the molecule is Cl.O=C(Nc1ncc(Cc2ccccc2)s1)C1CCNCC1. The minimum absolute atomic E-state index is 0. The molecule has 1 aromatic heterocycles. The van der Waals surface area contributed by atoms with Gasteiger partial charge >= 0.3 is 0 Å². The number of rotatable bonds is 4. The van der Waals surface area contributed by atoms with Gasteiger partial charge in [0.1, 0.15) is 0 Å². The number of piperidine rings is 1. The number of anilines is 1. The van der Waals surface area contributed by atoms with E-state index >= 15 is 0 Å². The third-order valence-electron chi connectivity index (χ3n) is 3.71. The average molecular weight is 338 g/mol. The second kappa shape index (κ2) is 8.27. The summed E-state index contributed by atoms with van der Waals surface area (Å²) in [6.07, 6.45) is 4.54. The lowest BCUT2D eigenvalue weighted by atomic mass is 9.97. The van der Waals surface area contributed by atoms with E-state index in [0.717, 1.165) is 32.4 Å². The van der Waals surface area contributed by atoms with E-state index in [2.05, 4.69) is 27.8 Å². The molecule has 22 heavy (non-hydrogen) atoms. The van der Waals surface area contributed by atoms with Crippen molar-refractivity contribution in [2.75, 3.05) is 18.4 Å². The van der Waals surface area contributed by atoms with Gasteiger partial charge in [-0.3, -0.25) is 4.79 Å². The summed E-state index contributed by atoms with van der Waals surface area (Å²) in [5.74, 6) is 0.227. The maximum Gasteiger partial charge on any atom is 0.229 e. The van der Waals surface area contributed by atoms with Crippen LogP contribution in [-0.2, 0) is 11.2 Å². The molecule has 2 heterocycles. The van der Waals surface area contributed by atoms with Gasteiger partial charge in [0.05, 0.1) is 0 Å². The van der Waals surface area contributed by atoms with Crippen molar-refractivity contribution in [2.45, 2.75) is 19.3 Å². The van der Waals surface area contributed by atoms with Gasteiger partial charge in [0.15, 0.2) is 5.13 Å². The Morgan fingerprint density at radius 2 is 2.00 bits per heavy atom. The summed E-state index contributed by atoms with van der Waals surface area (Å²) in [7, 11) is 0. The molecule has 0 bridgehead atoms. The zero-order chi connectivity index (χ0) is 14.5. The lowest BCUT2D eigenvalue weighted by Crippen LogP contribution is -2.34. The maximum atomic E-state index is 12.2.